The molecule has 0 amide bonds. The van der Waals surface area contributed by atoms with Gasteiger partial charge in [0.2, 0.25) is 6.10 Å². The summed E-state index contributed by atoms with van der Waals surface area (Å²) in [6.45, 7) is 0. The molecule has 4 nitrogen and oxygen atoms in total. The molecule has 0 spiro atoms. The third kappa shape index (κ3) is 1.74. The summed E-state index contributed by atoms with van der Waals surface area (Å²) in [7, 11) is 0. The molecule has 1 saturated heterocycles. The summed E-state index contributed by atoms with van der Waals surface area (Å²) in [5.74, 6) is -0.612. The van der Waals surface area contributed by atoms with Gasteiger partial charge in [0.25, 0.3) is 0 Å². The minimum atomic E-state index is -0.907. The van der Waals surface area contributed by atoms with E-state index in [1.54, 1.807) is 0 Å². The quantitative estimate of drug-likeness (QED) is 0.523. The molecule has 0 saturated carbocycles. The maximum absolute atomic E-state index is 11.0. The van der Waals surface area contributed by atoms with E-state index in [4.69, 9.17) is 0 Å². The summed E-state index contributed by atoms with van der Waals surface area (Å²) in [6.07, 6.45) is -1.33. The molecular weight excluding hydrogens is 184 g/mol. The molecule has 1 fully saturated rings. The van der Waals surface area contributed by atoms with Gasteiger partial charge < -0.3 is 9.47 Å². The fourth-order valence-corrected chi connectivity index (χ4v) is 1.29. The number of hydrogen-bond acceptors (Lipinski definition) is 4. The summed E-state index contributed by atoms with van der Waals surface area (Å²) in [6, 6.07) is 9.32. The van der Waals surface area contributed by atoms with Gasteiger partial charge in [-0.2, -0.15) is 0 Å². The van der Waals surface area contributed by atoms with Crippen LogP contribution in [-0.4, -0.2) is 18.2 Å². The summed E-state index contributed by atoms with van der Waals surface area (Å²) in [4.78, 5) is 21.6. The van der Waals surface area contributed by atoms with Crippen molar-refractivity contribution in [3.8, 4) is 0 Å². The Bertz CT molecular complexity index is 358. The fourth-order valence-electron chi connectivity index (χ4n) is 1.29. The molecule has 4 heteroatoms. The Morgan fingerprint density at radius 2 is 1.86 bits per heavy atom. The molecule has 1 aromatic carbocycles. The molecule has 1 aliphatic rings. The molecular formula is C10H8O4. The van der Waals surface area contributed by atoms with E-state index in [0.29, 0.717) is 6.42 Å². The maximum Gasteiger partial charge on any atom is 0.517 e. The van der Waals surface area contributed by atoms with Crippen LogP contribution in [0.25, 0.3) is 0 Å². The first-order valence-electron chi connectivity index (χ1n) is 4.22. The standard InChI is InChI=1S/C10H8O4/c11-9-8(13-10(12)14-9)6-7-4-2-1-3-5-7/h1-5,8H,6H2. The number of ether oxygens (including phenoxy) is 2. The van der Waals surface area contributed by atoms with Crippen LogP contribution < -0.4 is 0 Å². The molecule has 1 aromatic rings. The van der Waals surface area contributed by atoms with Crippen molar-refractivity contribution < 1.29 is 19.1 Å². The van der Waals surface area contributed by atoms with Crippen LogP contribution in [0.1, 0.15) is 5.56 Å². The van der Waals surface area contributed by atoms with Gasteiger partial charge in [-0.15, -0.1) is 0 Å². The number of carbonyl (C=O) groups excluding carboxylic acids is 2. The number of hydrogen-bond donors (Lipinski definition) is 0. The van der Waals surface area contributed by atoms with E-state index in [2.05, 4.69) is 9.47 Å². The van der Waals surface area contributed by atoms with Crippen LogP contribution >= 0.6 is 0 Å². The van der Waals surface area contributed by atoms with Crippen LogP contribution in [0.2, 0.25) is 0 Å². The Morgan fingerprint density at radius 3 is 2.43 bits per heavy atom. The van der Waals surface area contributed by atoms with Gasteiger partial charge in [0.1, 0.15) is 0 Å². The summed E-state index contributed by atoms with van der Waals surface area (Å²) >= 11 is 0. The van der Waals surface area contributed by atoms with Crippen molar-refractivity contribution in [2.24, 2.45) is 0 Å². The van der Waals surface area contributed by atoms with Gasteiger partial charge >= 0.3 is 12.1 Å². The average molecular weight is 192 g/mol. The predicted octanol–water partition coefficient (Wildman–Crippen LogP) is 1.29. The first kappa shape index (κ1) is 8.74. The number of benzene rings is 1. The van der Waals surface area contributed by atoms with Gasteiger partial charge in [0, 0.05) is 6.42 Å². The number of carbonyl (C=O) groups is 2. The van der Waals surface area contributed by atoms with Crippen LogP contribution in [0.5, 0.6) is 0 Å². The lowest BCUT2D eigenvalue weighted by Gasteiger charge is -2.03. The normalized spacial score (nSPS) is 20.4. The lowest BCUT2D eigenvalue weighted by molar-refractivity contribution is -0.136. The second kappa shape index (κ2) is 3.49. The van der Waals surface area contributed by atoms with Crippen molar-refractivity contribution in [1.82, 2.24) is 0 Å². The molecule has 1 aliphatic heterocycles. The number of cyclic esters (lactones) is 3. The van der Waals surface area contributed by atoms with E-state index in [-0.39, 0.29) is 0 Å². The molecule has 0 aromatic heterocycles. The lowest BCUT2D eigenvalue weighted by Crippen LogP contribution is -2.18. The first-order chi connectivity index (χ1) is 6.75. The van der Waals surface area contributed by atoms with Crippen molar-refractivity contribution in [3.63, 3.8) is 0 Å². The Hall–Kier alpha value is -1.84. The van der Waals surface area contributed by atoms with Gasteiger partial charge in [-0.25, -0.2) is 9.59 Å². The molecule has 2 rings (SSSR count). The van der Waals surface area contributed by atoms with Gasteiger partial charge in [-0.05, 0) is 5.56 Å². The highest BCUT2D eigenvalue weighted by Crippen LogP contribution is 2.13. The van der Waals surface area contributed by atoms with E-state index < -0.39 is 18.2 Å². The molecule has 1 unspecified atom stereocenters. The SMILES string of the molecule is O=C1OC(=O)C(Cc2ccccc2)O1. The predicted molar refractivity (Wildman–Crippen MR) is 46.5 cm³/mol. The molecule has 1 atom stereocenters. The van der Waals surface area contributed by atoms with E-state index in [9.17, 15) is 9.59 Å². The zero-order valence-electron chi connectivity index (χ0n) is 7.30. The molecule has 0 N–H and O–H groups in total. The number of esters is 1. The topological polar surface area (TPSA) is 52.6 Å². The number of rotatable bonds is 2. The van der Waals surface area contributed by atoms with Crippen LogP contribution in [0.4, 0.5) is 4.79 Å². The van der Waals surface area contributed by atoms with Gasteiger partial charge in [-0.3, -0.25) is 0 Å². The minimum Gasteiger partial charge on any atom is -0.418 e. The Labute approximate surface area is 80.4 Å². The Morgan fingerprint density at radius 1 is 1.14 bits per heavy atom. The van der Waals surface area contributed by atoms with Gasteiger partial charge in [-0.1, -0.05) is 30.3 Å². The van der Waals surface area contributed by atoms with Crippen molar-refractivity contribution in [2.75, 3.05) is 0 Å². The van der Waals surface area contributed by atoms with E-state index in [1.807, 2.05) is 30.3 Å². The highest BCUT2D eigenvalue weighted by atomic mass is 16.8. The van der Waals surface area contributed by atoms with Crippen LogP contribution in [0, 0.1) is 0 Å². The fraction of sp³-hybridized carbons (Fsp3) is 0.200. The maximum atomic E-state index is 11.0. The highest BCUT2D eigenvalue weighted by molar-refractivity contribution is 5.91. The van der Waals surface area contributed by atoms with Crippen LogP contribution in [-0.2, 0) is 20.7 Å². The van der Waals surface area contributed by atoms with E-state index >= 15 is 0 Å². The van der Waals surface area contributed by atoms with Crippen molar-refractivity contribution >= 4 is 12.1 Å². The zero-order chi connectivity index (χ0) is 9.97. The van der Waals surface area contributed by atoms with E-state index in [1.165, 1.54) is 0 Å². The van der Waals surface area contributed by atoms with Crippen LogP contribution in [0.3, 0.4) is 0 Å². The van der Waals surface area contributed by atoms with Crippen LogP contribution in [0.15, 0.2) is 30.3 Å². The monoisotopic (exact) mass is 192 g/mol. The smallest absolute Gasteiger partial charge is 0.418 e. The van der Waals surface area contributed by atoms with Gasteiger partial charge in [0.15, 0.2) is 0 Å². The highest BCUT2D eigenvalue weighted by Gasteiger charge is 2.34. The van der Waals surface area contributed by atoms with Crippen molar-refractivity contribution in [2.45, 2.75) is 12.5 Å². The summed E-state index contributed by atoms with van der Waals surface area (Å²) in [5.41, 5.74) is 0.934. The molecule has 14 heavy (non-hydrogen) atoms. The Kier molecular flexibility index (Phi) is 2.18. The Balaban J connectivity index is 2.05. The third-order valence-corrected chi connectivity index (χ3v) is 1.95. The second-order valence-electron chi connectivity index (χ2n) is 2.97. The van der Waals surface area contributed by atoms with Gasteiger partial charge in [0.05, 0.1) is 0 Å². The molecule has 72 valence electrons. The average Bonchev–Trinajstić information content (AvgIpc) is 2.47. The third-order valence-electron chi connectivity index (χ3n) is 1.95. The van der Waals surface area contributed by atoms with Crippen molar-refractivity contribution in [1.29, 1.82) is 0 Å². The zero-order valence-corrected chi connectivity index (χ0v) is 7.30. The molecule has 0 aliphatic carbocycles. The van der Waals surface area contributed by atoms with E-state index in [0.717, 1.165) is 5.56 Å². The molecule has 0 bridgehead atoms. The molecule has 1 heterocycles. The first-order valence-corrected chi connectivity index (χ1v) is 4.22. The lowest BCUT2D eigenvalue weighted by atomic mass is 10.1. The minimum absolute atomic E-state index is 0.366. The summed E-state index contributed by atoms with van der Waals surface area (Å²) < 4.78 is 8.91. The van der Waals surface area contributed by atoms with Crippen molar-refractivity contribution in [3.05, 3.63) is 35.9 Å². The molecule has 0 radical (unpaired) electrons. The largest absolute Gasteiger partial charge is 0.517 e. The second-order valence-corrected chi connectivity index (χ2v) is 2.97. The summed E-state index contributed by atoms with van der Waals surface area (Å²) in [5, 5.41) is 0.